The van der Waals surface area contributed by atoms with E-state index in [1.807, 2.05) is 0 Å². The van der Waals surface area contributed by atoms with Crippen LogP contribution in [0.1, 0.15) is 25.7 Å². The van der Waals surface area contributed by atoms with Crippen molar-refractivity contribution in [2.24, 2.45) is 0 Å². The van der Waals surface area contributed by atoms with Crippen molar-refractivity contribution in [3.05, 3.63) is 0 Å². The average Bonchev–Trinajstić information content (AvgIpc) is 2.65. The predicted molar refractivity (Wildman–Crippen MR) is 61.0 cm³/mol. The summed E-state index contributed by atoms with van der Waals surface area (Å²) in [4.78, 5) is 5.29. The van der Waals surface area contributed by atoms with Crippen LogP contribution in [0.4, 0.5) is 0 Å². The second-order valence-corrected chi connectivity index (χ2v) is 4.91. The molecule has 0 spiro atoms. The van der Waals surface area contributed by atoms with Gasteiger partial charge in [-0.3, -0.25) is 4.90 Å². The summed E-state index contributed by atoms with van der Waals surface area (Å²) in [6.45, 7) is 6.49. The number of rotatable bonds is 4. The molecule has 0 amide bonds. The van der Waals surface area contributed by atoms with Gasteiger partial charge in [-0.05, 0) is 38.8 Å². The Morgan fingerprint density at radius 3 is 2.93 bits per heavy atom. The molecule has 0 aromatic rings. The standard InChI is InChI=1S/C11H21ClN2/c12-5-1-2-6-13-8-9-14-7-3-4-11(14)10-13/h11H,1-10H2. The minimum absolute atomic E-state index is 0.823. The van der Waals surface area contributed by atoms with E-state index < -0.39 is 0 Å². The van der Waals surface area contributed by atoms with Crippen molar-refractivity contribution in [1.29, 1.82) is 0 Å². The van der Waals surface area contributed by atoms with Gasteiger partial charge in [-0.25, -0.2) is 0 Å². The maximum atomic E-state index is 5.68. The molecule has 0 saturated carbocycles. The molecule has 1 atom stereocenters. The molecule has 1 unspecified atom stereocenters. The summed E-state index contributed by atoms with van der Waals surface area (Å²) in [5, 5.41) is 0. The first-order valence-electron chi connectivity index (χ1n) is 5.92. The van der Waals surface area contributed by atoms with Gasteiger partial charge in [0.15, 0.2) is 0 Å². The first kappa shape index (κ1) is 10.7. The van der Waals surface area contributed by atoms with Crippen LogP contribution in [0.15, 0.2) is 0 Å². The highest BCUT2D eigenvalue weighted by atomic mass is 35.5. The molecule has 0 aromatic carbocycles. The minimum atomic E-state index is 0.823. The van der Waals surface area contributed by atoms with Crippen LogP contribution in [0.2, 0.25) is 0 Å². The molecule has 14 heavy (non-hydrogen) atoms. The lowest BCUT2D eigenvalue weighted by Crippen LogP contribution is -2.50. The lowest BCUT2D eigenvalue weighted by atomic mass is 10.1. The van der Waals surface area contributed by atoms with Crippen LogP contribution >= 0.6 is 11.6 Å². The zero-order valence-electron chi connectivity index (χ0n) is 8.92. The highest BCUT2D eigenvalue weighted by Gasteiger charge is 2.29. The van der Waals surface area contributed by atoms with E-state index in [2.05, 4.69) is 9.80 Å². The topological polar surface area (TPSA) is 6.48 Å². The molecular weight excluding hydrogens is 196 g/mol. The summed E-state index contributed by atoms with van der Waals surface area (Å²) in [7, 11) is 0. The Morgan fingerprint density at radius 1 is 1.14 bits per heavy atom. The van der Waals surface area contributed by atoms with E-state index in [4.69, 9.17) is 11.6 Å². The molecule has 0 aromatic heterocycles. The Morgan fingerprint density at radius 2 is 2.07 bits per heavy atom. The highest BCUT2D eigenvalue weighted by molar-refractivity contribution is 6.17. The van der Waals surface area contributed by atoms with Crippen LogP contribution < -0.4 is 0 Å². The fourth-order valence-electron chi connectivity index (χ4n) is 2.69. The van der Waals surface area contributed by atoms with Crippen molar-refractivity contribution in [3.63, 3.8) is 0 Å². The van der Waals surface area contributed by atoms with Crippen LogP contribution in [0, 0.1) is 0 Å². The molecule has 2 rings (SSSR count). The van der Waals surface area contributed by atoms with E-state index >= 15 is 0 Å². The van der Waals surface area contributed by atoms with Gasteiger partial charge < -0.3 is 4.90 Å². The van der Waals surface area contributed by atoms with Gasteiger partial charge >= 0.3 is 0 Å². The van der Waals surface area contributed by atoms with E-state index in [1.165, 1.54) is 58.4 Å². The molecule has 0 aliphatic carbocycles. The second kappa shape index (κ2) is 5.34. The first-order chi connectivity index (χ1) is 6.90. The Kier molecular flexibility index (Phi) is 4.09. The van der Waals surface area contributed by atoms with E-state index in [1.54, 1.807) is 0 Å². The summed E-state index contributed by atoms with van der Waals surface area (Å²) in [5.74, 6) is 0.823. The maximum absolute atomic E-state index is 5.68. The van der Waals surface area contributed by atoms with Crippen molar-refractivity contribution in [1.82, 2.24) is 9.80 Å². The molecule has 2 aliphatic heterocycles. The van der Waals surface area contributed by atoms with Gasteiger partial charge in [0.05, 0.1) is 0 Å². The third-order valence-corrected chi connectivity index (χ3v) is 3.80. The lowest BCUT2D eigenvalue weighted by molar-refractivity contribution is 0.104. The van der Waals surface area contributed by atoms with Gasteiger partial charge in [-0.1, -0.05) is 0 Å². The fraction of sp³-hybridized carbons (Fsp3) is 1.00. The average molecular weight is 217 g/mol. The molecule has 0 radical (unpaired) electrons. The smallest absolute Gasteiger partial charge is 0.0224 e. The van der Waals surface area contributed by atoms with Gasteiger partial charge in [0.2, 0.25) is 0 Å². The Labute approximate surface area is 92.2 Å². The normalized spacial score (nSPS) is 29.4. The molecule has 2 nitrogen and oxygen atoms in total. The minimum Gasteiger partial charge on any atom is -0.301 e. The van der Waals surface area contributed by atoms with Crippen molar-refractivity contribution in [3.8, 4) is 0 Å². The highest BCUT2D eigenvalue weighted by Crippen LogP contribution is 2.21. The number of piperazine rings is 1. The first-order valence-corrected chi connectivity index (χ1v) is 6.46. The quantitative estimate of drug-likeness (QED) is 0.522. The van der Waals surface area contributed by atoms with Gasteiger partial charge in [0.25, 0.3) is 0 Å². The lowest BCUT2D eigenvalue weighted by Gasteiger charge is -2.37. The molecule has 2 saturated heterocycles. The third-order valence-electron chi connectivity index (χ3n) is 3.53. The van der Waals surface area contributed by atoms with Crippen LogP contribution in [-0.4, -0.2) is 54.4 Å². The maximum Gasteiger partial charge on any atom is 0.0224 e. The number of fused-ring (bicyclic) bond motifs is 1. The Hall–Kier alpha value is 0.210. The van der Waals surface area contributed by atoms with Gasteiger partial charge in [0.1, 0.15) is 0 Å². The molecule has 0 bridgehead atoms. The number of nitrogens with zero attached hydrogens (tertiary/aromatic N) is 2. The van der Waals surface area contributed by atoms with Crippen molar-refractivity contribution < 1.29 is 0 Å². The molecule has 0 N–H and O–H groups in total. The number of alkyl halides is 1. The number of hydrogen-bond acceptors (Lipinski definition) is 2. The zero-order valence-corrected chi connectivity index (χ0v) is 9.68. The summed E-state index contributed by atoms with van der Waals surface area (Å²) in [6, 6.07) is 0.875. The van der Waals surface area contributed by atoms with Gasteiger partial charge in [-0.15, -0.1) is 11.6 Å². The van der Waals surface area contributed by atoms with E-state index in [0.29, 0.717) is 0 Å². The van der Waals surface area contributed by atoms with E-state index in [0.717, 1.165) is 11.9 Å². The van der Waals surface area contributed by atoms with E-state index in [9.17, 15) is 0 Å². The molecule has 2 heterocycles. The molecule has 3 heteroatoms. The van der Waals surface area contributed by atoms with Gasteiger partial charge in [-0.2, -0.15) is 0 Å². The largest absolute Gasteiger partial charge is 0.301 e. The monoisotopic (exact) mass is 216 g/mol. The van der Waals surface area contributed by atoms with Crippen molar-refractivity contribution in [2.75, 3.05) is 38.6 Å². The molecule has 2 fully saturated rings. The van der Waals surface area contributed by atoms with Crippen molar-refractivity contribution in [2.45, 2.75) is 31.7 Å². The van der Waals surface area contributed by atoms with Crippen molar-refractivity contribution >= 4 is 11.6 Å². The van der Waals surface area contributed by atoms with Gasteiger partial charge in [0, 0.05) is 31.6 Å². The molecular formula is C11H21ClN2. The predicted octanol–water partition coefficient (Wildman–Crippen LogP) is 1.79. The number of unbranched alkanes of at least 4 members (excludes halogenated alkanes) is 1. The van der Waals surface area contributed by atoms with Crippen LogP contribution in [0.3, 0.4) is 0 Å². The number of hydrogen-bond donors (Lipinski definition) is 0. The van der Waals surface area contributed by atoms with Crippen LogP contribution in [-0.2, 0) is 0 Å². The Balaban J connectivity index is 1.69. The summed E-state index contributed by atoms with van der Waals surface area (Å²) >= 11 is 5.68. The fourth-order valence-corrected chi connectivity index (χ4v) is 2.88. The summed E-state index contributed by atoms with van der Waals surface area (Å²) in [5.41, 5.74) is 0. The molecule has 2 aliphatic rings. The summed E-state index contributed by atoms with van der Waals surface area (Å²) in [6.07, 6.45) is 5.29. The third kappa shape index (κ3) is 2.62. The van der Waals surface area contributed by atoms with Crippen LogP contribution in [0.25, 0.3) is 0 Å². The molecule has 82 valence electrons. The summed E-state index contributed by atoms with van der Waals surface area (Å²) < 4.78 is 0. The zero-order chi connectivity index (χ0) is 9.80. The Bertz CT molecular complexity index is 175. The second-order valence-electron chi connectivity index (χ2n) is 4.53. The van der Waals surface area contributed by atoms with Crippen LogP contribution in [0.5, 0.6) is 0 Å². The number of halogens is 1. The van der Waals surface area contributed by atoms with E-state index in [-0.39, 0.29) is 0 Å². The SMILES string of the molecule is ClCCCCN1CCN2CCCC2C1.